The Balaban J connectivity index is 3.92. The van der Waals surface area contributed by atoms with Crippen molar-refractivity contribution < 1.29 is 14.6 Å². The van der Waals surface area contributed by atoms with Crippen LogP contribution >= 0.6 is 0 Å². The lowest BCUT2D eigenvalue weighted by Crippen LogP contribution is -2.22. The number of methoxy groups -OCH3 is 1. The first-order valence-electron chi connectivity index (χ1n) is 4.10. The molecule has 0 aliphatic rings. The molecule has 0 bridgehead atoms. The maximum Gasteiger partial charge on any atom is 0.305 e. The average Bonchev–Trinajstić information content (AvgIpc) is 1.82. The van der Waals surface area contributed by atoms with Crippen molar-refractivity contribution in [3.63, 3.8) is 0 Å². The number of carboxylic acids is 1. The minimum Gasteiger partial charge on any atom is -0.481 e. The van der Waals surface area contributed by atoms with Gasteiger partial charge in [0.2, 0.25) is 0 Å². The Hall–Kier alpha value is -0.570. The fourth-order valence-electron chi connectivity index (χ4n) is 1.12. The molecule has 0 aliphatic heterocycles. The highest BCUT2D eigenvalue weighted by atomic mass is 16.5. The van der Waals surface area contributed by atoms with Gasteiger partial charge in [0.25, 0.3) is 0 Å². The third kappa shape index (κ3) is 6.16. The molecule has 72 valence electrons. The van der Waals surface area contributed by atoms with Gasteiger partial charge in [0.15, 0.2) is 0 Å². The van der Waals surface area contributed by atoms with Crippen molar-refractivity contribution in [1.29, 1.82) is 0 Å². The lowest BCUT2D eigenvalue weighted by atomic mass is 9.88. The van der Waals surface area contributed by atoms with Gasteiger partial charge in [0.1, 0.15) is 0 Å². The first kappa shape index (κ1) is 11.4. The Morgan fingerprint density at radius 1 is 1.50 bits per heavy atom. The van der Waals surface area contributed by atoms with Crippen molar-refractivity contribution >= 4 is 5.97 Å². The predicted molar refractivity (Wildman–Crippen MR) is 47.1 cm³/mol. The van der Waals surface area contributed by atoms with Crippen LogP contribution in [-0.2, 0) is 9.53 Å². The maximum absolute atomic E-state index is 10.4. The molecule has 0 spiro atoms. The molecule has 0 aromatic carbocycles. The van der Waals surface area contributed by atoms with E-state index in [1.54, 1.807) is 7.11 Å². The molecular weight excluding hydrogens is 156 g/mol. The third-order valence-electron chi connectivity index (χ3n) is 1.58. The number of aliphatic carboxylic acids is 1. The van der Waals surface area contributed by atoms with Gasteiger partial charge in [-0.3, -0.25) is 4.79 Å². The molecule has 3 nitrogen and oxygen atoms in total. The molecule has 0 aliphatic carbocycles. The second-order valence-electron chi connectivity index (χ2n) is 4.22. The van der Waals surface area contributed by atoms with Crippen LogP contribution in [0.2, 0.25) is 0 Å². The zero-order valence-corrected chi connectivity index (χ0v) is 8.26. The van der Waals surface area contributed by atoms with E-state index in [4.69, 9.17) is 9.84 Å². The molecule has 0 amide bonds. The standard InChI is InChI=1S/C9H18O3/c1-9(2,3)6-7(12-4)5-8(10)11/h7H,5-6H2,1-4H3,(H,10,11). The van der Waals surface area contributed by atoms with Gasteiger partial charge in [-0.15, -0.1) is 0 Å². The average molecular weight is 174 g/mol. The van der Waals surface area contributed by atoms with Crippen LogP contribution in [0.1, 0.15) is 33.6 Å². The molecule has 0 aromatic rings. The van der Waals surface area contributed by atoms with Crippen molar-refractivity contribution in [2.45, 2.75) is 39.7 Å². The molecule has 1 unspecified atom stereocenters. The van der Waals surface area contributed by atoms with E-state index in [1.807, 2.05) is 0 Å². The van der Waals surface area contributed by atoms with E-state index in [0.717, 1.165) is 6.42 Å². The largest absolute Gasteiger partial charge is 0.481 e. The zero-order chi connectivity index (χ0) is 9.78. The minimum absolute atomic E-state index is 0.0910. The van der Waals surface area contributed by atoms with Crippen molar-refractivity contribution in [1.82, 2.24) is 0 Å². The molecule has 0 aromatic heterocycles. The molecular formula is C9H18O3. The van der Waals surface area contributed by atoms with E-state index < -0.39 is 5.97 Å². The summed E-state index contributed by atoms with van der Waals surface area (Å²) in [6.45, 7) is 6.21. The summed E-state index contributed by atoms with van der Waals surface area (Å²) in [6, 6.07) is 0. The van der Waals surface area contributed by atoms with Crippen molar-refractivity contribution in [2.24, 2.45) is 5.41 Å². The molecule has 1 N–H and O–H groups in total. The molecule has 3 heteroatoms. The summed E-state index contributed by atoms with van der Waals surface area (Å²) in [5.41, 5.74) is 0.121. The van der Waals surface area contributed by atoms with Gasteiger partial charge in [0.05, 0.1) is 12.5 Å². The topological polar surface area (TPSA) is 46.5 Å². The monoisotopic (exact) mass is 174 g/mol. The molecule has 12 heavy (non-hydrogen) atoms. The number of carbonyl (C=O) groups is 1. The van der Waals surface area contributed by atoms with E-state index >= 15 is 0 Å². The summed E-state index contributed by atoms with van der Waals surface area (Å²) in [6.07, 6.45) is 0.700. The van der Waals surface area contributed by atoms with Gasteiger partial charge in [-0.25, -0.2) is 0 Å². The molecule has 0 rings (SSSR count). The Labute approximate surface area is 73.7 Å². The summed E-state index contributed by atoms with van der Waals surface area (Å²) in [4.78, 5) is 10.4. The maximum atomic E-state index is 10.4. The highest BCUT2D eigenvalue weighted by Crippen LogP contribution is 2.23. The Morgan fingerprint density at radius 3 is 2.25 bits per heavy atom. The summed E-state index contributed by atoms with van der Waals surface area (Å²) >= 11 is 0. The summed E-state index contributed by atoms with van der Waals surface area (Å²) in [7, 11) is 1.55. The number of rotatable bonds is 4. The van der Waals surface area contributed by atoms with E-state index in [-0.39, 0.29) is 17.9 Å². The fraction of sp³-hybridized carbons (Fsp3) is 0.889. The second kappa shape index (κ2) is 4.45. The van der Waals surface area contributed by atoms with Crippen LogP contribution in [0.5, 0.6) is 0 Å². The Bertz CT molecular complexity index is 146. The van der Waals surface area contributed by atoms with Crippen LogP contribution in [0.4, 0.5) is 0 Å². The van der Waals surface area contributed by atoms with E-state index in [0.29, 0.717) is 0 Å². The van der Waals surface area contributed by atoms with E-state index in [2.05, 4.69) is 20.8 Å². The second-order valence-corrected chi connectivity index (χ2v) is 4.22. The first-order valence-corrected chi connectivity index (χ1v) is 4.10. The van der Waals surface area contributed by atoms with Crippen LogP contribution in [0.3, 0.4) is 0 Å². The van der Waals surface area contributed by atoms with Gasteiger partial charge in [0, 0.05) is 7.11 Å². The molecule has 0 saturated heterocycles. The number of ether oxygens (including phenoxy) is 1. The van der Waals surface area contributed by atoms with Gasteiger partial charge in [-0.1, -0.05) is 20.8 Å². The molecule has 0 saturated carbocycles. The van der Waals surface area contributed by atoms with Crippen molar-refractivity contribution in [2.75, 3.05) is 7.11 Å². The van der Waals surface area contributed by atoms with Crippen molar-refractivity contribution in [3.8, 4) is 0 Å². The summed E-state index contributed by atoms with van der Waals surface area (Å²) in [5.74, 6) is -0.800. The molecule has 1 atom stereocenters. The van der Waals surface area contributed by atoms with Gasteiger partial charge >= 0.3 is 5.97 Å². The van der Waals surface area contributed by atoms with Crippen LogP contribution in [0.15, 0.2) is 0 Å². The Morgan fingerprint density at radius 2 is 2.00 bits per heavy atom. The summed E-state index contributed by atoms with van der Waals surface area (Å²) < 4.78 is 5.06. The number of hydrogen-bond acceptors (Lipinski definition) is 2. The SMILES string of the molecule is COC(CC(=O)O)CC(C)(C)C. The lowest BCUT2D eigenvalue weighted by Gasteiger charge is -2.23. The normalized spacial score (nSPS) is 14.3. The first-order chi connectivity index (χ1) is 5.35. The van der Waals surface area contributed by atoms with Gasteiger partial charge < -0.3 is 9.84 Å². The quantitative estimate of drug-likeness (QED) is 0.708. The highest BCUT2D eigenvalue weighted by molar-refractivity contribution is 5.67. The van der Waals surface area contributed by atoms with Gasteiger partial charge in [-0.05, 0) is 11.8 Å². The molecule has 0 fully saturated rings. The predicted octanol–water partition coefficient (Wildman–Crippen LogP) is 1.91. The Kier molecular flexibility index (Phi) is 4.24. The molecule has 0 radical (unpaired) electrons. The minimum atomic E-state index is -0.800. The van der Waals surface area contributed by atoms with Gasteiger partial charge in [-0.2, -0.15) is 0 Å². The lowest BCUT2D eigenvalue weighted by molar-refractivity contribution is -0.140. The van der Waals surface area contributed by atoms with Crippen molar-refractivity contribution in [3.05, 3.63) is 0 Å². The molecule has 0 heterocycles. The zero-order valence-electron chi connectivity index (χ0n) is 8.26. The summed E-state index contributed by atoms with van der Waals surface area (Å²) in [5, 5.41) is 8.53. The van der Waals surface area contributed by atoms with Crippen LogP contribution in [0.25, 0.3) is 0 Å². The smallest absolute Gasteiger partial charge is 0.305 e. The van der Waals surface area contributed by atoms with Crippen LogP contribution in [0, 0.1) is 5.41 Å². The number of carboxylic acid groups (broad SMARTS) is 1. The number of hydrogen-bond donors (Lipinski definition) is 1. The van der Waals surface area contributed by atoms with Crippen LogP contribution in [-0.4, -0.2) is 24.3 Å². The van der Waals surface area contributed by atoms with E-state index in [9.17, 15) is 4.79 Å². The highest BCUT2D eigenvalue weighted by Gasteiger charge is 2.20. The van der Waals surface area contributed by atoms with E-state index in [1.165, 1.54) is 0 Å². The van der Waals surface area contributed by atoms with Crippen LogP contribution < -0.4 is 0 Å². The fourth-order valence-corrected chi connectivity index (χ4v) is 1.12. The third-order valence-corrected chi connectivity index (χ3v) is 1.58.